The van der Waals surface area contributed by atoms with E-state index in [1.54, 1.807) is 60.7 Å². The van der Waals surface area contributed by atoms with Gasteiger partial charge >= 0.3 is 0 Å². The molecule has 0 bridgehead atoms. The molecular weight excluding hydrogens is 574 g/mol. The third kappa shape index (κ3) is 6.82. The maximum atomic E-state index is 13.9. The minimum Gasteiger partial charge on any atom is -0.477 e. The normalized spacial score (nSPS) is 14.6. The van der Waals surface area contributed by atoms with Gasteiger partial charge in [-0.1, -0.05) is 83.9 Å². The van der Waals surface area contributed by atoms with Crippen molar-refractivity contribution >= 4 is 39.1 Å². The summed E-state index contributed by atoms with van der Waals surface area (Å²) in [5, 5.41) is 3.39. The number of aryl methyl sites for hydroxylation is 1. The molecule has 1 aliphatic heterocycles. The highest BCUT2D eigenvalue weighted by Gasteiger charge is 2.36. The zero-order chi connectivity index (χ0) is 29.7. The topological polar surface area (TPSA) is 96.0 Å². The Bertz CT molecular complexity index is 1660. The number of anilines is 1. The molecule has 0 aliphatic carbocycles. The van der Waals surface area contributed by atoms with Crippen LogP contribution in [0, 0.1) is 6.92 Å². The fourth-order valence-corrected chi connectivity index (χ4v) is 6.12. The van der Waals surface area contributed by atoms with E-state index in [0.717, 1.165) is 15.4 Å². The lowest BCUT2D eigenvalue weighted by Crippen LogP contribution is -2.52. The number of halogens is 1. The van der Waals surface area contributed by atoms with Crippen molar-refractivity contribution in [3.63, 3.8) is 0 Å². The molecule has 8 nitrogen and oxygen atoms in total. The van der Waals surface area contributed by atoms with Gasteiger partial charge in [-0.15, -0.1) is 0 Å². The van der Waals surface area contributed by atoms with Crippen molar-refractivity contribution in [1.29, 1.82) is 0 Å². The number of amides is 2. The lowest BCUT2D eigenvalue weighted by atomic mass is 10.1. The largest absolute Gasteiger partial charge is 0.477 e. The Balaban J connectivity index is 1.40. The first-order chi connectivity index (χ1) is 20.2. The van der Waals surface area contributed by atoms with Crippen LogP contribution in [0.25, 0.3) is 0 Å². The minimum atomic E-state index is -4.06. The first-order valence-corrected chi connectivity index (χ1v) is 15.2. The SMILES string of the molecule is Cc1ccc(S(=O)(=O)N(CC(=O)N2CC(C(=O)NCc3ccccc3)Oc3ccccc32)Cc2ccc(Cl)cc2)cc1. The van der Waals surface area contributed by atoms with Gasteiger partial charge in [-0.05, 0) is 54.4 Å². The number of sulfonamides is 1. The van der Waals surface area contributed by atoms with E-state index in [4.69, 9.17) is 16.3 Å². The Hall–Kier alpha value is -4.18. The van der Waals surface area contributed by atoms with Gasteiger partial charge in [-0.25, -0.2) is 8.42 Å². The van der Waals surface area contributed by atoms with E-state index >= 15 is 0 Å². The molecule has 4 aromatic rings. The molecule has 1 unspecified atom stereocenters. The number of hydrogen-bond acceptors (Lipinski definition) is 5. The number of nitrogens with zero attached hydrogens (tertiary/aromatic N) is 2. The standard InChI is InChI=1S/C32H30ClN3O5S/c1-23-11-17-27(18-12-23)42(39,40)35(20-25-13-15-26(33)16-14-25)22-31(37)36-21-30(41-29-10-6-5-9-28(29)36)32(38)34-19-24-7-3-2-4-8-24/h2-18,30H,19-22H2,1H3,(H,34,38). The fraction of sp³-hybridized carbons (Fsp3) is 0.188. The summed E-state index contributed by atoms with van der Waals surface area (Å²) in [6, 6.07) is 29.6. The van der Waals surface area contributed by atoms with Gasteiger partial charge < -0.3 is 15.0 Å². The van der Waals surface area contributed by atoms with Gasteiger partial charge in [0.25, 0.3) is 5.91 Å². The Labute approximate surface area is 250 Å². The van der Waals surface area contributed by atoms with E-state index in [-0.39, 0.29) is 23.9 Å². The molecule has 1 heterocycles. The molecule has 0 fully saturated rings. The van der Waals surface area contributed by atoms with Gasteiger partial charge in [0, 0.05) is 18.1 Å². The number of nitrogens with one attached hydrogen (secondary N) is 1. The van der Waals surface area contributed by atoms with Gasteiger partial charge in [0.1, 0.15) is 5.75 Å². The number of fused-ring (bicyclic) bond motifs is 1. The lowest BCUT2D eigenvalue weighted by molar-refractivity contribution is -0.128. The molecule has 4 aromatic carbocycles. The van der Waals surface area contributed by atoms with Gasteiger partial charge in [0.2, 0.25) is 15.9 Å². The second-order valence-corrected chi connectivity index (χ2v) is 12.4. The van der Waals surface area contributed by atoms with Crippen molar-refractivity contribution in [2.24, 2.45) is 0 Å². The van der Waals surface area contributed by atoms with E-state index in [0.29, 0.717) is 28.6 Å². The molecule has 5 rings (SSSR count). The van der Waals surface area contributed by atoms with Crippen molar-refractivity contribution in [2.45, 2.75) is 31.0 Å². The summed E-state index contributed by atoms with van der Waals surface area (Å²) in [6.07, 6.45) is -0.981. The number of para-hydroxylation sites is 2. The lowest BCUT2D eigenvalue weighted by Gasteiger charge is -2.35. The number of rotatable bonds is 9. The van der Waals surface area contributed by atoms with Crippen molar-refractivity contribution in [1.82, 2.24) is 9.62 Å². The predicted molar refractivity (Wildman–Crippen MR) is 162 cm³/mol. The summed E-state index contributed by atoms with van der Waals surface area (Å²) < 4.78 is 34.7. The van der Waals surface area contributed by atoms with Crippen LogP contribution in [0.2, 0.25) is 5.02 Å². The molecule has 0 spiro atoms. The monoisotopic (exact) mass is 603 g/mol. The molecule has 0 radical (unpaired) electrons. The second-order valence-electron chi connectivity index (χ2n) is 9.99. The Kier molecular flexibility index (Phi) is 8.91. The number of carbonyl (C=O) groups is 2. The van der Waals surface area contributed by atoms with Gasteiger partial charge in [-0.2, -0.15) is 4.31 Å². The molecule has 216 valence electrons. The third-order valence-corrected chi connectivity index (χ3v) is 8.98. The number of ether oxygens (including phenoxy) is 1. The quantitative estimate of drug-likeness (QED) is 0.292. The van der Waals surface area contributed by atoms with Crippen molar-refractivity contribution < 1.29 is 22.7 Å². The van der Waals surface area contributed by atoms with Crippen LogP contribution in [-0.4, -0.2) is 43.7 Å². The van der Waals surface area contributed by atoms with E-state index in [1.165, 1.54) is 17.0 Å². The molecular formula is C32H30ClN3O5S. The van der Waals surface area contributed by atoms with Crippen LogP contribution in [-0.2, 0) is 32.7 Å². The van der Waals surface area contributed by atoms with Crippen LogP contribution < -0.4 is 15.0 Å². The maximum Gasteiger partial charge on any atom is 0.263 e. The fourth-order valence-electron chi connectivity index (χ4n) is 4.62. The number of benzene rings is 4. The second kappa shape index (κ2) is 12.8. The van der Waals surface area contributed by atoms with Crippen LogP contribution in [0.4, 0.5) is 5.69 Å². The molecule has 0 saturated heterocycles. The summed E-state index contributed by atoms with van der Waals surface area (Å²) in [5.41, 5.74) is 2.97. The molecule has 10 heteroatoms. The minimum absolute atomic E-state index is 0.0495. The number of hydrogen-bond donors (Lipinski definition) is 1. The van der Waals surface area contributed by atoms with E-state index in [9.17, 15) is 18.0 Å². The molecule has 0 saturated carbocycles. The smallest absolute Gasteiger partial charge is 0.263 e. The molecule has 1 aliphatic rings. The van der Waals surface area contributed by atoms with Crippen LogP contribution in [0.15, 0.2) is 108 Å². The average molecular weight is 604 g/mol. The Morgan fingerprint density at radius 3 is 2.29 bits per heavy atom. The molecule has 1 N–H and O–H groups in total. The first-order valence-electron chi connectivity index (χ1n) is 13.4. The predicted octanol–water partition coefficient (Wildman–Crippen LogP) is 4.95. The summed E-state index contributed by atoms with van der Waals surface area (Å²) in [5.74, 6) is -0.504. The molecule has 1 atom stereocenters. The van der Waals surface area contributed by atoms with Crippen molar-refractivity contribution in [3.8, 4) is 5.75 Å². The summed E-state index contributed by atoms with van der Waals surface area (Å²) in [6.45, 7) is 1.60. The third-order valence-electron chi connectivity index (χ3n) is 6.92. The number of carbonyl (C=O) groups excluding carboxylic acids is 2. The Morgan fingerprint density at radius 1 is 0.905 bits per heavy atom. The molecule has 42 heavy (non-hydrogen) atoms. The Morgan fingerprint density at radius 2 is 1.57 bits per heavy atom. The van der Waals surface area contributed by atoms with Gasteiger partial charge in [-0.3, -0.25) is 9.59 Å². The van der Waals surface area contributed by atoms with Crippen LogP contribution in [0.3, 0.4) is 0 Å². The van der Waals surface area contributed by atoms with Crippen LogP contribution in [0.1, 0.15) is 16.7 Å². The molecule has 2 amide bonds. The highest BCUT2D eigenvalue weighted by molar-refractivity contribution is 7.89. The van der Waals surface area contributed by atoms with Gasteiger partial charge in [0.05, 0.1) is 23.7 Å². The van der Waals surface area contributed by atoms with Gasteiger partial charge in [0.15, 0.2) is 6.10 Å². The van der Waals surface area contributed by atoms with E-state index in [2.05, 4.69) is 5.32 Å². The molecule has 0 aromatic heterocycles. The zero-order valence-corrected chi connectivity index (χ0v) is 24.5. The van der Waals surface area contributed by atoms with Crippen molar-refractivity contribution in [2.75, 3.05) is 18.0 Å². The van der Waals surface area contributed by atoms with Crippen LogP contribution in [0.5, 0.6) is 5.75 Å². The highest BCUT2D eigenvalue weighted by Crippen LogP contribution is 2.34. The zero-order valence-electron chi connectivity index (χ0n) is 22.9. The summed E-state index contributed by atoms with van der Waals surface area (Å²) >= 11 is 6.04. The van der Waals surface area contributed by atoms with Crippen LogP contribution >= 0.6 is 11.6 Å². The summed E-state index contributed by atoms with van der Waals surface area (Å²) in [4.78, 5) is 28.5. The van der Waals surface area contributed by atoms with E-state index < -0.39 is 28.6 Å². The average Bonchev–Trinajstić information content (AvgIpc) is 3.00. The summed E-state index contributed by atoms with van der Waals surface area (Å²) in [7, 11) is -4.06. The highest BCUT2D eigenvalue weighted by atomic mass is 35.5. The first kappa shape index (κ1) is 29.3. The van der Waals surface area contributed by atoms with Crippen molar-refractivity contribution in [3.05, 3.63) is 125 Å². The van der Waals surface area contributed by atoms with E-state index in [1.807, 2.05) is 37.3 Å². The maximum absolute atomic E-state index is 13.9.